The second-order valence-electron chi connectivity index (χ2n) is 3.16. The lowest BCUT2D eigenvalue weighted by molar-refractivity contribution is -0.131. The third-order valence-corrected chi connectivity index (χ3v) is 2.50. The van der Waals surface area contributed by atoms with Gasteiger partial charge in [-0.3, -0.25) is 0 Å². The number of rotatable bonds is 5. The normalized spacial score (nSPS) is 10.1. The van der Waals surface area contributed by atoms with Gasteiger partial charge in [0.15, 0.2) is 0 Å². The fraction of sp³-hybridized carbons (Fsp3) is 0.154. The number of carbonyl (C=O) groups is 1. The number of hydrogen-bond donors (Lipinski definition) is 1. The number of carboxylic acid groups (broad SMARTS) is 1. The molecule has 0 atom stereocenters. The molecular formula is C13H11BrO3. The summed E-state index contributed by atoms with van der Waals surface area (Å²) in [7, 11) is 0. The lowest BCUT2D eigenvalue weighted by Gasteiger charge is -2.06. The zero-order chi connectivity index (χ0) is 12.7. The number of aliphatic carboxylic acids is 1. The molecule has 0 bridgehead atoms. The first-order valence-corrected chi connectivity index (χ1v) is 5.69. The number of ether oxygens (including phenoxy) is 1. The van der Waals surface area contributed by atoms with Crippen LogP contribution in [0, 0.1) is 12.3 Å². The summed E-state index contributed by atoms with van der Waals surface area (Å²) in [5, 5.41) is 8.50. The number of terminal acetylenes is 1. The van der Waals surface area contributed by atoms with E-state index in [1.165, 1.54) is 6.08 Å². The minimum Gasteiger partial charge on any atom is -0.491 e. The van der Waals surface area contributed by atoms with Crippen molar-refractivity contribution in [3.8, 4) is 18.1 Å². The molecule has 17 heavy (non-hydrogen) atoms. The first kappa shape index (κ1) is 13.3. The smallest absolute Gasteiger partial charge is 0.328 e. The molecule has 0 aliphatic carbocycles. The van der Waals surface area contributed by atoms with Crippen LogP contribution in [0.5, 0.6) is 5.75 Å². The van der Waals surface area contributed by atoms with Crippen LogP contribution in [-0.2, 0) is 4.79 Å². The average molecular weight is 295 g/mol. The van der Waals surface area contributed by atoms with Gasteiger partial charge in [-0.2, -0.15) is 0 Å². The molecule has 0 saturated heterocycles. The highest BCUT2D eigenvalue weighted by molar-refractivity contribution is 9.10. The highest BCUT2D eigenvalue weighted by atomic mass is 79.9. The summed E-state index contributed by atoms with van der Waals surface area (Å²) in [5.74, 6) is 2.20. The van der Waals surface area contributed by atoms with Gasteiger partial charge in [0.25, 0.3) is 0 Å². The van der Waals surface area contributed by atoms with Crippen LogP contribution in [0.1, 0.15) is 12.0 Å². The minimum atomic E-state index is -0.976. The van der Waals surface area contributed by atoms with E-state index in [4.69, 9.17) is 16.3 Å². The summed E-state index contributed by atoms with van der Waals surface area (Å²) in [6.07, 6.45) is 8.26. The van der Waals surface area contributed by atoms with Crippen molar-refractivity contribution in [3.63, 3.8) is 0 Å². The second-order valence-corrected chi connectivity index (χ2v) is 4.02. The number of benzene rings is 1. The molecule has 1 aromatic rings. The predicted molar refractivity (Wildman–Crippen MR) is 69.8 cm³/mol. The van der Waals surface area contributed by atoms with Gasteiger partial charge < -0.3 is 9.84 Å². The van der Waals surface area contributed by atoms with Crippen LogP contribution in [0.15, 0.2) is 28.7 Å². The van der Waals surface area contributed by atoms with Crippen LogP contribution in [0.2, 0.25) is 0 Å². The molecule has 3 nitrogen and oxygen atoms in total. The van der Waals surface area contributed by atoms with E-state index < -0.39 is 5.97 Å². The van der Waals surface area contributed by atoms with Gasteiger partial charge >= 0.3 is 5.97 Å². The molecular weight excluding hydrogens is 284 g/mol. The van der Waals surface area contributed by atoms with Gasteiger partial charge in [0.05, 0.1) is 11.1 Å². The highest BCUT2D eigenvalue weighted by Gasteiger charge is 2.01. The monoisotopic (exact) mass is 294 g/mol. The van der Waals surface area contributed by atoms with E-state index in [2.05, 4.69) is 21.9 Å². The molecule has 1 aromatic carbocycles. The Balaban J connectivity index is 2.73. The van der Waals surface area contributed by atoms with E-state index in [1.54, 1.807) is 18.2 Å². The summed E-state index contributed by atoms with van der Waals surface area (Å²) in [4.78, 5) is 10.4. The fourth-order valence-corrected chi connectivity index (χ4v) is 1.64. The van der Waals surface area contributed by atoms with Crippen molar-refractivity contribution < 1.29 is 14.6 Å². The maximum absolute atomic E-state index is 10.4. The van der Waals surface area contributed by atoms with Crippen molar-refractivity contribution in [1.82, 2.24) is 0 Å². The average Bonchev–Trinajstić information content (AvgIpc) is 2.29. The summed E-state index contributed by atoms with van der Waals surface area (Å²) >= 11 is 3.35. The van der Waals surface area contributed by atoms with Crippen LogP contribution in [-0.4, -0.2) is 17.7 Å². The van der Waals surface area contributed by atoms with Gasteiger partial charge in [-0.1, -0.05) is 6.07 Å². The zero-order valence-electron chi connectivity index (χ0n) is 9.02. The Labute approximate surface area is 108 Å². The summed E-state index contributed by atoms with van der Waals surface area (Å²) in [6, 6.07) is 5.32. The lowest BCUT2D eigenvalue weighted by Crippen LogP contribution is -1.96. The molecule has 4 heteroatoms. The van der Waals surface area contributed by atoms with Gasteiger partial charge in [0.2, 0.25) is 0 Å². The molecule has 88 valence electrons. The fourth-order valence-electron chi connectivity index (χ4n) is 1.13. The van der Waals surface area contributed by atoms with E-state index in [-0.39, 0.29) is 0 Å². The standard InChI is InChI=1S/C13H11BrO3/c1-2-3-8-17-12-6-4-10(9-11(12)14)5-7-13(15)16/h1,4-7,9H,3,8H2,(H,15,16). The maximum atomic E-state index is 10.4. The van der Waals surface area contributed by atoms with Gasteiger partial charge in [0.1, 0.15) is 5.75 Å². The van der Waals surface area contributed by atoms with E-state index in [0.29, 0.717) is 18.8 Å². The molecule has 0 fully saturated rings. The molecule has 0 heterocycles. The Morgan fingerprint density at radius 2 is 2.35 bits per heavy atom. The molecule has 0 radical (unpaired) electrons. The quantitative estimate of drug-likeness (QED) is 0.516. The van der Waals surface area contributed by atoms with E-state index in [9.17, 15) is 4.79 Å². The molecule has 0 saturated carbocycles. The third kappa shape index (κ3) is 4.75. The minimum absolute atomic E-state index is 0.458. The van der Waals surface area contributed by atoms with Gasteiger partial charge in [-0.15, -0.1) is 12.3 Å². The van der Waals surface area contributed by atoms with Crippen molar-refractivity contribution in [2.75, 3.05) is 6.61 Å². The van der Waals surface area contributed by atoms with Crippen LogP contribution in [0.4, 0.5) is 0 Å². The molecule has 0 aliphatic rings. The first-order chi connectivity index (χ1) is 8.13. The summed E-state index contributed by atoms with van der Waals surface area (Å²) < 4.78 is 6.19. The number of hydrogen-bond acceptors (Lipinski definition) is 2. The SMILES string of the molecule is C#CCCOc1ccc(C=CC(=O)O)cc1Br. The van der Waals surface area contributed by atoms with E-state index >= 15 is 0 Å². The van der Waals surface area contributed by atoms with Crippen molar-refractivity contribution in [2.45, 2.75) is 6.42 Å². The van der Waals surface area contributed by atoms with Crippen LogP contribution in [0.3, 0.4) is 0 Å². The Hall–Kier alpha value is -1.73. The maximum Gasteiger partial charge on any atom is 0.328 e. The topological polar surface area (TPSA) is 46.5 Å². The van der Waals surface area contributed by atoms with E-state index in [1.807, 2.05) is 0 Å². The van der Waals surface area contributed by atoms with Gasteiger partial charge in [-0.05, 0) is 39.7 Å². The van der Waals surface area contributed by atoms with Gasteiger partial charge in [0, 0.05) is 12.5 Å². The first-order valence-electron chi connectivity index (χ1n) is 4.90. The Bertz CT molecular complexity index is 472. The predicted octanol–water partition coefficient (Wildman–Crippen LogP) is 2.95. The second kappa shape index (κ2) is 6.77. The zero-order valence-corrected chi connectivity index (χ0v) is 10.6. The number of halogens is 1. The third-order valence-electron chi connectivity index (χ3n) is 1.88. The molecule has 0 unspecified atom stereocenters. The van der Waals surface area contributed by atoms with Crippen LogP contribution < -0.4 is 4.74 Å². The summed E-state index contributed by atoms with van der Waals surface area (Å²) in [5.41, 5.74) is 0.781. The van der Waals surface area contributed by atoms with Crippen molar-refractivity contribution >= 4 is 28.0 Å². The van der Waals surface area contributed by atoms with Crippen molar-refractivity contribution in [1.29, 1.82) is 0 Å². The van der Waals surface area contributed by atoms with Crippen molar-refractivity contribution in [2.24, 2.45) is 0 Å². The van der Waals surface area contributed by atoms with E-state index in [0.717, 1.165) is 16.1 Å². The molecule has 1 N–H and O–H groups in total. The Morgan fingerprint density at radius 1 is 1.59 bits per heavy atom. The van der Waals surface area contributed by atoms with Crippen LogP contribution in [0.25, 0.3) is 6.08 Å². The molecule has 0 aliphatic heterocycles. The largest absolute Gasteiger partial charge is 0.491 e. The lowest BCUT2D eigenvalue weighted by atomic mass is 10.2. The van der Waals surface area contributed by atoms with Crippen LogP contribution >= 0.6 is 15.9 Å². The Kier molecular flexibility index (Phi) is 5.31. The number of carboxylic acids is 1. The molecule has 0 aromatic heterocycles. The van der Waals surface area contributed by atoms with Crippen molar-refractivity contribution in [3.05, 3.63) is 34.3 Å². The summed E-state index contributed by atoms with van der Waals surface area (Å²) in [6.45, 7) is 0.458. The highest BCUT2D eigenvalue weighted by Crippen LogP contribution is 2.26. The van der Waals surface area contributed by atoms with Gasteiger partial charge in [-0.25, -0.2) is 4.79 Å². The molecule has 1 rings (SSSR count). The molecule has 0 amide bonds. The molecule has 0 spiro atoms. The Morgan fingerprint density at radius 3 is 2.94 bits per heavy atom.